The number of ether oxygens (including phenoxy) is 2. The Labute approximate surface area is 185 Å². The maximum Gasteiger partial charge on any atom is 0.246 e. The number of hydrogen-bond donors (Lipinski definition) is 0. The van der Waals surface area contributed by atoms with E-state index in [0.717, 1.165) is 11.6 Å². The first kappa shape index (κ1) is 22.9. The van der Waals surface area contributed by atoms with Crippen LogP contribution in [0, 0.1) is 29.1 Å². The summed E-state index contributed by atoms with van der Waals surface area (Å²) in [6, 6.07) is 5.21. The van der Waals surface area contributed by atoms with Gasteiger partial charge < -0.3 is 14.4 Å². The Morgan fingerprint density at radius 2 is 1.76 bits per heavy atom. The zero-order valence-electron chi connectivity index (χ0n) is 17.2. The van der Waals surface area contributed by atoms with E-state index in [-0.39, 0.29) is 32.1 Å². The molecule has 0 N–H and O–H groups in total. The number of halogens is 5. The van der Waals surface area contributed by atoms with Gasteiger partial charge in [0.2, 0.25) is 11.7 Å². The maximum atomic E-state index is 13.8. The van der Waals surface area contributed by atoms with Gasteiger partial charge in [0.25, 0.3) is 0 Å². The number of benzene rings is 2. The summed E-state index contributed by atoms with van der Waals surface area (Å²) in [4.78, 5) is 25.6. The third kappa shape index (κ3) is 4.47. The van der Waals surface area contributed by atoms with Crippen LogP contribution in [0.2, 0.25) is 0 Å². The number of ketones is 1. The van der Waals surface area contributed by atoms with E-state index in [2.05, 4.69) is 0 Å². The second-order valence-corrected chi connectivity index (χ2v) is 7.61. The third-order valence-electron chi connectivity index (χ3n) is 5.55. The van der Waals surface area contributed by atoms with Gasteiger partial charge in [0.05, 0.1) is 18.7 Å². The molecule has 4 rings (SSSR count). The highest BCUT2D eigenvalue weighted by Gasteiger charge is 2.27. The first-order valence-corrected chi connectivity index (χ1v) is 10.2. The second-order valence-electron chi connectivity index (χ2n) is 7.61. The molecule has 0 spiro atoms. The molecule has 0 aromatic heterocycles. The Hall–Kier alpha value is -3.27. The first-order valence-electron chi connectivity index (χ1n) is 10.2. The Balaban J connectivity index is 1.40. The van der Waals surface area contributed by atoms with Gasteiger partial charge in [-0.3, -0.25) is 9.59 Å². The van der Waals surface area contributed by atoms with Gasteiger partial charge in [0.1, 0.15) is 18.5 Å². The van der Waals surface area contributed by atoms with E-state index in [0.29, 0.717) is 30.2 Å². The van der Waals surface area contributed by atoms with Crippen molar-refractivity contribution in [3.8, 4) is 5.75 Å². The SMILES string of the molecule is O=C1CCc2c(OCC3CN(C(=O)/C=C/c4c(F)c(F)c(F)c(F)c4F)CCO3)cccc21. The van der Waals surface area contributed by atoms with Crippen molar-refractivity contribution in [2.24, 2.45) is 0 Å². The molecule has 1 unspecified atom stereocenters. The van der Waals surface area contributed by atoms with Crippen LogP contribution >= 0.6 is 0 Å². The number of amides is 1. The molecule has 174 valence electrons. The summed E-state index contributed by atoms with van der Waals surface area (Å²) in [5, 5.41) is 0. The molecule has 2 aromatic carbocycles. The predicted molar refractivity (Wildman–Crippen MR) is 106 cm³/mol. The number of fused-ring (bicyclic) bond motifs is 1. The minimum atomic E-state index is -2.27. The average molecular weight is 467 g/mol. The Morgan fingerprint density at radius 1 is 1.06 bits per heavy atom. The normalized spacial score (nSPS) is 18.2. The highest BCUT2D eigenvalue weighted by Crippen LogP contribution is 2.30. The van der Waals surface area contributed by atoms with Crippen LogP contribution in [0.3, 0.4) is 0 Å². The summed E-state index contributed by atoms with van der Waals surface area (Å²) in [5.74, 6) is -10.5. The molecule has 1 fully saturated rings. The molecule has 5 nitrogen and oxygen atoms in total. The predicted octanol–water partition coefficient (Wildman–Crippen LogP) is 3.83. The van der Waals surface area contributed by atoms with E-state index in [1.807, 2.05) is 0 Å². The van der Waals surface area contributed by atoms with Crippen molar-refractivity contribution < 1.29 is 41.0 Å². The molecule has 0 bridgehead atoms. The monoisotopic (exact) mass is 467 g/mol. The van der Waals surface area contributed by atoms with Crippen LogP contribution in [0.1, 0.15) is 27.9 Å². The lowest BCUT2D eigenvalue weighted by Gasteiger charge is -2.32. The van der Waals surface area contributed by atoms with Crippen LogP contribution in [0.25, 0.3) is 6.08 Å². The van der Waals surface area contributed by atoms with Gasteiger partial charge in [-0.15, -0.1) is 0 Å². The molecule has 10 heteroatoms. The first-order chi connectivity index (χ1) is 15.8. The van der Waals surface area contributed by atoms with E-state index in [4.69, 9.17) is 9.47 Å². The fraction of sp³-hybridized carbons (Fsp3) is 0.304. The summed E-state index contributed by atoms with van der Waals surface area (Å²) in [6.45, 7) is 0.525. The van der Waals surface area contributed by atoms with Crippen molar-refractivity contribution >= 4 is 17.8 Å². The molecule has 2 aromatic rings. The fourth-order valence-electron chi connectivity index (χ4n) is 3.82. The molecule has 1 atom stereocenters. The van der Waals surface area contributed by atoms with E-state index in [1.54, 1.807) is 18.2 Å². The van der Waals surface area contributed by atoms with Crippen molar-refractivity contribution in [2.45, 2.75) is 18.9 Å². The number of hydrogen-bond acceptors (Lipinski definition) is 4. The largest absolute Gasteiger partial charge is 0.491 e. The molecule has 1 aliphatic carbocycles. The van der Waals surface area contributed by atoms with E-state index < -0.39 is 46.7 Å². The maximum absolute atomic E-state index is 13.8. The summed E-state index contributed by atoms with van der Waals surface area (Å²) >= 11 is 0. The highest BCUT2D eigenvalue weighted by atomic mass is 19.2. The minimum Gasteiger partial charge on any atom is -0.491 e. The molecule has 2 aliphatic rings. The number of Topliss-reactive ketones (excluding diaryl/α,β-unsaturated/α-hetero) is 1. The Kier molecular flexibility index (Phi) is 6.46. The molecule has 1 saturated heterocycles. The molecular formula is C23H18F5NO4. The Bertz CT molecular complexity index is 1120. The van der Waals surface area contributed by atoms with Gasteiger partial charge in [-0.25, -0.2) is 22.0 Å². The topological polar surface area (TPSA) is 55.8 Å². The van der Waals surface area contributed by atoms with Crippen LogP contribution in [0.4, 0.5) is 22.0 Å². The van der Waals surface area contributed by atoms with Crippen molar-refractivity contribution in [1.82, 2.24) is 4.90 Å². The number of rotatable bonds is 5. The van der Waals surface area contributed by atoms with Gasteiger partial charge >= 0.3 is 0 Å². The van der Waals surface area contributed by atoms with Crippen LogP contribution < -0.4 is 4.74 Å². The van der Waals surface area contributed by atoms with Gasteiger partial charge in [-0.05, 0) is 18.6 Å². The number of morpholine rings is 1. The molecule has 0 radical (unpaired) electrons. The molecular weight excluding hydrogens is 449 g/mol. The van der Waals surface area contributed by atoms with Crippen molar-refractivity contribution in [3.63, 3.8) is 0 Å². The summed E-state index contributed by atoms with van der Waals surface area (Å²) in [5.41, 5.74) is 0.268. The number of nitrogens with zero attached hydrogens (tertiary/aromatic N) is 1. The van der Waals surface area contributed by atoms with Gasteiger partial charge in [-0.2, -0.15) is 0 Å². The van der Waals surface area contributed by atoms with Crippen molar-refractivity contribution in [1.29, 1.82) is 0 Å². The minimum absolute atomic E-state index is 0.0571. The zero-order chi connectivity index (χ0) is 23.7. The summed E-state index contributed by atoms with van der Waals surface area (Å²) in [6.07, 6.45) is 1.80. The van der Waals surface area contributed by atoms with E-state index in [1.165, 1.54) is 4.90 Å². The quantitative estimate of drug-likeness (QED) is 0.290. The van der Waals surface area contributed by atoms with Crippen LogP contribution in [-0.4, -0.2) is 49.0 Å². The molecule has 33 heavy (non-hydrogen) atoms. The van der Waals surface area contributed by atoms with Gasteiger partial charge in [0.15, 0.2) is 29.1 Å². The summed E-state index contributed by atoms with van der Waals surface area (Å²) in [7, 11) is 0. The lowest BCUT2D eigenvalue weighted by Crippen LogP contribution is -2.47. The molecule has 1 heterocycles. The van der Waals surface area contributed by atoms with Gasteiger partial charge in [-0.1, -0.05) is 12.1 Å². The van der Waals surface area contributed by atoms with Gasteiger partial charge in [0, 0.05) is 30.2 Å². The molecule has 0 saturated carbocycles. The number of carbonyl (C=O) groups is 2. The third-order valence-corrected chi connectivity index (χ3v) is 5.55. The molecule has 1 amide bonds. The fourth-order valence-corrected chi connectivity index (χ4v) is 3.82. The second kappa shape index (κ2) is 9.30. The van der Waals surface area contributed by atoms with Crippen molar-refractivity contribution in [2.75, 3.05) is 26.3 Å². The summed E-state index contributed by atoms with van der Waals surface area (Å²) < 4.78 is 78.8. The smallest absolute Gasteiger partial charge is 0.246 e. The lowest BCUT2D eigenvalue weighted by atomic mass is 10.1. The van der Waals surface area contributed by atoms with E-state index in [9.17, 15) is 31.5 Å². The van der Waals surface area contributed by atoms with Crippen LogP contribution in [-0.2, 0) is 16.0 Å². The van der Waals surface area contributed by atoms with Crippen molar-refractivity contribution in [3.05, 3.63) is 70.1 Å². The molecule has 1 aliphatic heterocycles. The van der Waals surface area contributed by atoms with E-state index >= 15 is 0 Å². The standard InChI is InChI=1S/C23H18F5NO4/c24-19-15(20(25)22(27)23(28)21(19)26)5-7-18(31)29-8-9-32-12(10-29)11-33-17-3-1-2-13-14(17)4-6-16(13)30/h1-3,5,7,12H,4,6,8-11H2/b7-5+. The zero-order valence-corrected chi connectivity index (χ0v) is 17.2. The lowest BCUT2D eigenvalue weighted by molar-refractivity contribution is -0.134. The average Bonchev–Trinajstić information content (AvgIpc) is 3.21. The highest BCUT2D eigenvalue weighted by molar-refractivity contribution is 6.01. The van der Waals surface area contributed by atoms with Crippen LogP contribution in [0.5, 0.6) is 5.75 Å². The Morgan fingerprint density at radius 3 is 2.48 bits per heavy atom. The van der Waals surface area contributed by atoms with Crippen LogP contribution in [0.15, 0.2) is 24.3 Å². The number of carbonyl (C=O) groups excluding carboxylic acids is 2.